The van der Waals surface area contributed by atoms with E-state index >= 15 is 0 Å². The second-order valence-electron chi connectivity index (χ2n) is 6.79. The van der Waals surface area contributed by atoms with Crippen molar-refractivity contribution in [3.8, 4) is 5.88 Å². The molecule has 29 heavy (non-hydrogen) atoms. The Kier molecular flexibility index (Phi) is 6.79. The normalized spacial score (nSPS) is 18.7. The molecule has 2 amide bonds. The molecule has 1 aromatic heterocycles. The number of rotatable bonds is 6. The van der Waals surface area contributed by atoms with Crippen LogP contribution in [0.4, 0.5) is 5.69 Å². The van der Waals surface area contributed by atoms with Gasteiger partial charge in [0, 0.05) is 37.2 Å². The van der Waals surface area contributed by atoms with E-state index in [1.807, 2.05) is 6.92 Å². The van der Waals surface area contributed by atoms with Crippen molar-refractivity contribution >= 4 is 17.5 Å². The van der Waals surface area contributed by atoms with Crippen molar-refractivity contribution in [1.29, 1.82) is 0 Å². The molecule has 0 saturated carbocycles. The number of aromatic nitrogens is 1. The van der Waals surface area contributed by atoms with Crippen LogP contribution < -0.4 is 15.4 Å². The molecule has 1 saturated heterocycles. The number of anilines is 1. The van der Waals surface area contributed by atoms with Gasteiger partial charge in [-0.3, -0.25) is 9.59 Å². The number of methoxy groups -OCH3 is 2. The molecule has 1 aliphatic heterocycles. The molecule has 2 heterocycles. The number of hydrogen-bond donors (Lipinski definition) is 2. The van der Waals surface area contributed by atoms with E-state index in [9.17, 15) is 9.59 Å². The van der Waals surface area contributed by atoms with Gasteiger partial charge >= 0.3 is 0 Å². The van der Waals surface area contributed by atoms with Crippen LogP contribution >= 0.6 is 0 Å². The summed E-state index contributed by atoms with van der Waals surface area (Å²) in [7, 11) is 3.14. The lowest BCUT2D eigenvalue weighted by Gasteiger charge is -2.31. The third-order valence-electron chi connectivity index (χ3n) is 4.87. The van der Waals surface area contributed by atoms with Crippen LogP contribution in [0.25, 0.3) is 0 Å². The molecule has 2 aromatic rings. The lowest BCUT2D eigenvalue weighted by molar-refractivity contribution is -0.0349. The van der Waals surface area contributed by atoms with E-state index in [0.717, 1.165) is 12.0 Å². The highest BCUT2D eigenvalue weighted by atomic mass is 16.5. The SMILES string of the molecule is COc1ccc(C(=O)Nc2cc(C(=O)N[C@@H]3COCC[C@H]3OC)ccc2C)cn1. The average Bonchev–Trinajstić information content (AvgIpc) is 2.75. The Morgan fingerprint density at radius 3 is 2.62 bits per heavy atom. The van der Waals surface area contributed by atoms with Gasteiger partial charge in [0.2, 0.25) is 5.88 Å². The van der Waals surface area contributed by atoms with E-state index in [1.165, 1.54) is 13.3 Å². The summed E-state index contributed by atoms with van der Waals surface area (Å²) in [4.78, 5) is 29.3. The largest absolute Gasteiger partial charge is 0.481 e. The van der Waals surface area contributed by atoms with Gasteiger partial charge in [-0.2, -0.15) is 0 Å². The zero-order valence-corrected chi connectivity index (χ0v) is 16.7. The number of aryl methyl sites for hydroxylation is 1. The molecule has 1 fully saturated rings. The number of nitrogens with one attached hydrogen (secondary N) is 2. The molecule has 0 aliphatic carbocycles. The van der Waals surface area contributed by atoms with Gasteiger partial charge in [-0.1, -0.05) is 6.07 Å². The van der Waals surface area contributed by atoms with Gasteiger partial charge in [0.15, 0.2) is 0 Å². The molecule has 0 spiro atoms. The second-order valence-corrected chi connectivity index (χ2v) is 6.79. The predicted molar refractivity (Wildman–Crippen MR) is 107 cm³/mol. The number of pyridine rings is 1. The van der Waals surface area contributed by atoms with Crippen molar-refractivity contribution in [1.82, 2.24) is 10.3 Å². The number of carbonyl (C=O) groups is 2. The van der Waals surface area contributed by atoms with Crippen LogP contribution in [0.2, 0.25) is 0 Å². The Morgan fingerprint density at radius 2 is 1.93 bits per heavy atom. The molecule has 2 atom stereocenters. The fourth-order valence-corrected chi connectivity index (χ4v) is 3.11. The van der Waals surface area contributed by atoms with Gasteiger partial charge in [0.05, 0.1) is 31.4 Å². The van der Waals surface area contributed by atoms with Crippen molar-refractivity contribution in [3.05, 3.63) is 53.2 Å². The maximum Gasteiger partial charge on any atom is 0.257 e. The predicted octanol–water partition coefficient (Wildman–Crippen LogP) is 2.18. The molecule has 8 nitrogen and oxygen atoms in total. The fraction of sp³-hybridized carbons (Fsp3) is 0.381. The molecule has 0 radical (unpaired) electrons. The van der Waals surface area contributed by atoms with Crippen molar-refractivity contribution in [2.24, 2.45) is 0 Å². The van der Waals surface area contributed by atoms with Gasteiger partial charge in [-0.15, -0.1) is 0 Å². The number of hydrogen-bond acceptors (Lipinski definition) is 6. The van der Waals surface area contributed by atoms with E-state index in [-0.39, 0.29) is 24.0 Å². The molecule has 0 unspecified atom stereocenters. The van der Waals surface area contributed by atoms with E-state index in [4.69, 9.17) is 14.2 Å². The minimum absolute atomic E-state index is 0.0834. The van der Waals surface area contributed by atoms with Crippen molar-refractivity contribution < 1.29 is 23.8 Å². The maximum atomic E-state index is 12.7. The molecule has 0 bridgehead atoms. The first-order valence-electron chi connectivity index (χ1n) is 9.35. The zero-order chi connectivity index (χ0) is 20.8. The van der Waals surface area contributed by atoms with Gasteiger partial charge in [-0.25, -0.2) is 4.98 Å². The van der Waals surface area contributed by atoms with Crippen LogP contribution in [0.15, 0.2) is 36.5 Å². The summed E-state index contributed by atoms with van der Waals surface area (Å²) in [5.41, 5.74) is 2.23. The van der Waals surface area contributed by atoms with E-state index in [0.29, 0.717) is 35.9 Å². The maximum absolute atomic E-state index is 12.7. The molecule has 3 rings (SSSR count). The van der Waals surface area contributed by atoms with Crippen molar-refractivity contribution in [2.75, 3.05) is 32.8 Å². The van der Waals surface area contributed by atoms with E-state index in [1.54, 1.807) is 37.4 Å². The summed E-state index contributed by atoms with van der Waals surface area (Å²) >= 11 is 0. The monoisotopic (exact) mass is 399 g/mol. The van der Waals surface area contributed by atoms with Gasteiger partial charge < -0.3 is 24.8 Å². The highest BCUT2D eigenvalue weighted by molar-refractivity contribution is 6.05. The number of benzene rings is 1. The summed E-state index contributed by atoms with van der Waals surface area (Å²) in [6.07, 6.45) is 2.08. The minimum atomic E-state index is -0.319. The van der Waals surface area contributed by atoms with Crippen LogP contribution in [0.5, 0.6) is 5.88 Å². The van der Waals surface area contributed by atoms with Crippen LogP contribution in [-0.4, -0.2) is 56.4 Å². The molecule has 154 valence electrons. The van der Waals surface area contributed by atoms with Crippen molar-refractivity contribution in [3.63, 3.8) is 0 Å². The third-order valence-corrected chi connectivity index (χ3v) is 4.87. The highest BCUT2D eigenvalue weighted by Gasteiger charge is 2.27. The molecule has 2 N–H and O–H groups in total. The highest BCUT2D eigenvalue weighted by Crippen LogP contribution is 2.19. The van der Waals surface area contributed by atoms with Gasteiger partial charge in [0.25, 0.3) is 11.8 Å². The Labute approximate surface area is 169 Å². The molecule has 1 aromatic carbocycles. The number of carbonyl (C=O) groups excluding carboxylic acids is 2. The zero-order valence-electron chi connectivity index (χ0n) is 16.7. The Balaban J connectivity index is 1.71. The Bertz CT molecular complexity index is 869. The third kappa shape index (κ3) is 5.10. The summed E-state index contributed by atoms with van der Waals surface area (Å²) in [6.45, 7) is 2.88. The van der Waals surface area contributed by atoms with E-state index < -0.39 is 0 Å². The number of ether oxygens (including phenoxy) is 3. The number of amides is 2. The molecule has 8 heteroatoms. The van der Waals surface area contributed by atoms with Crippen LogP contribution in [0, 0.1) is 6.92 Å². The molecule has 1 aliphatic rings. The van der Waals surface area contributed by atoms with Crippen LogP contribution in [-0.2, 0) is 9.47 Å². The summed E-state index contributed by atoms with van der Waals surface area (Å²) in [5, 5.41) is 5.79. The van der Waals surface area contributed by atoms with Gasteiger partial charge in [-0.05, 0) is 37.1 Å². The fourth-order valence-electron chi connectivity index (χ4n) is 3.11. The first-order valence-corrected chi connectivity index (χ1v) is 9.35. The summed E-state index contributed by atoms with van der Waals surface area (Å²) in [5.74, 6) is -0.137. The smallest absolute Gasteiger partial charge is 0.257 e. The van der Waals surface area contributed by atoms with E-state index in [2.05, 4.69) is 15.6 Å². The molecular formula is C21H25N3O5. The Morgan fingerprint density at radius 1 is 1.14 bits per heavy atom. The number of nitrogens with zero attached hydrogens (tertiary/aromatic N) is 1. The average molecular weight is 399 g/mol. The lowest BCUT2D eigenvalue weighted by atomic mass is 10.0. The standard InChI is InChI=1S/C21H25N3O5/c1-13-4-5-14(20(25)24-17-12-29-9-8-18(17)27-2)10-16(13)23-21(26)15-6-7-19(28-3)22-11-15/h4-7,10-11,17-18H,8-9,12H2,1-3H3,(H,23,26)(H,24,25)/t17-,18-/m1/s1. The summed E-state index contributed by atoms with van der Waals surface area (Å²) in [6, 6.07) is 8.20. The topological polar surface area (TPSA) is 98.8 Å². The molecular weight excluding hydrogens is 374 g/mol. The first kappa shape index (κ1) is 20.8. The van der Waals surface area contributed by atoms with Crippen molar-refractivity contribution in [2.45, 2.75) is 25.5 Å². The second kappa shape index (κ2) is 9.49. The van der Waals surface area contributed by atoms with Gasteiger partial charge in [0.1, 0.15) is 0 Å². The first-order chi connectivity index (χ1) is 14.0. The Hall–Kier alpha value is -2.97. The minimum Gasteiger partial charge on any atom is -0.481 e. The quantitative estimate of drug-likeness (QED) is 0.773. The van der Waals surface area contributed by atoms with Crippen LogP contribution in [0.3, 0.4) is 0 Å². The van der Waals surface area contributed by atoms with Crippen LogP contribution in [0.1, 0.15) is 32.7 Å². The summed E-state index contributed by atoms with van der Waals surface area (Å²) < 4.78 is 15.9. The lowest BCUT2D eigenvalue weighted by Crippen LogP contribution is -2.50.